The molecule has 0 aromatic rings. The number of hydrogen-bond donors (Lipinski definition) is 2. The van der Waals surface area contributed by atoms with Crippen molar-refractivity contribution in [3.8, 4) is 0 Å². The molecule has 19 heavy (non-hydrogen) atoms. The normalized spacial score (nSPS) is 11.8. The summed E-state index contributed by atoms with van der Waals surface area (Å²) < 4.78 is 4.55. The van der Waals surface area contributed by atoms with Gasteiger partial charge in [-0.3, -0.25) is 9.59 Å². The third-order valence-corrected chi connectivity index (χ3v) is 2.58. The summed E-state index contributed by atoms with van der Waals surface area (Å²) in [5, 5.41) is 2.40. The fourth-order valence-corrected chi connectivity index (χ4v) is 1.62. The lowest BCUT2D eigenvalue weighted by Gasteiger charge is -2.28. The monoisotopic (exact) mass is 273 g/mol. The molecule has 7 heteroatoms. The van der Waals surface area contributed by atoms with Gasteiger partial charge in [0, 0.05) is 6.54 Å². The SMILES string of the molecule is CCCN(CC(=O)OC)C(=O)C(NC(N)=O)C(C)C. The van der Waals surface area contributed by atoms with Crippen LogP contribution in [0.2, 0.25) is 0 Å². The maximum atomic E-state index is 12.3. The zero-order valence-electron chi connectivity index (χ0n) is 11.9. The molecule has 0 heterocycles. The summed E-state index contributed by atoms with van der Waals surface area (Å²) in [6.45, 7) is 5.76. The maximum absolute atomic E-state index is 12.3. The first-order valence-electron chi connectivity index (χ1n) is 6.25. The van der Waals surface area contributed by atoms with Gasteiger partial charge in [0.05, 0.1) is 7.11 Å². The van der Waals surface area contributed by atoms with Crippen molar-refractivity contribution in [1.29, 1.82) is 0 Å². The van der Waals surface area contributed by atoms with Crippen LogP contribution in [0.5, 0.6) is 0 Å². The van der Waals surface area contributed by atoms with Gasteiger partial charge in [0.15, 0.2) is 0 Å². The summed E-state index contributed by atoms with van der Waals surface area (Å²) in [6.07, 6.45) is 0.699. The number of urea groups is 1. The molecule has 0 saturated carbocycles. The topological polar surface area (TPSA) is 102 Å². The van der Waals surface area contributed by atoms with Crippen LogP contribution in [0.4, 0.5) is 4.79 Å². The van der Waals surface area contributed by atoms with Gasteiger partial charge in [-0.25, -0.2) is 4.79 Å². The Hall–Kier alpha value is -1.79. The van der Waals surface area contributed by atoms with Gasteiger partial charge in [0.25, 0.3) is 0 Å². The lowest BCUT2D eigenvalue weighted by molar-refractivity contribution is -0.148. The molecule has 0 aliphatic carbocycles. The molecule has 0 spiro atoms. The smallest absolute Gasteiger partial charge is 0.325 e. The van der Waals surface area contributed by atoms with Gasteiger partial charge in [-0.05, 0) is 12.3 Å². The van der Waals surface area contributed by atoms with E-state index in [9.17, 15) is 14.4 Å². The Morgan fingerprint density at radius 1 is 1.32 bits per heavy atom. The standard InChI is InChI=1S/C12H23N3O4/c1-5-6-15(7-9(16)19-4)11(17)10(8(2)3)14-12(13)18/h8,10H,5-7H2,1-4H3,(H3,13,14,18). The van der Waals surface area contributed by atoms with E-state index in [0.29, 0.717) is 13.0 Å². The van der Waals surface area contributed by atoms with Crippen molar-refractivity contribution < 1.29 is 19.1 Å². The average molecular weight is 273 g/mol. The third-order valence-electron chi connectivity index (χ3n) is 2.58. The minimum atomic E-state index is -0.762. The largest absolute Gasteiger partial charge is 0.468 e. The lowest BCUT2D eigenvalue weighted by atomic mass is 10.0. The van der Waals surface area contributed by atoms with E-state index in [0.717, 1.165) is 0 Å². The number of amides is 3. The minimum absolute atomic E-state index is 0.128. The van der Waals surface area contributed by atoms with E-state index in [1.54, 1.807) is 13.8 Å². The zero-order chi connectivity index (χ0) is 15.0. The third kappa shape index (κ3) is 6.08. The molecular weight excluding hydrogens is 250 g/mol. The molecule has 0 aliphatic rings. The number of nitrogens with one attached hydrogen (secondary N) is 1. The van der Waals surface area contributed by atoms with Crippen LogP contribution in [-0.2, 0) is 14.3 Å². The quantitative estimate of drug-likeness (QED) is 0.642. The minimum Gasteiger partial charge on any atom is -0.468 e. The van der Waals surface area contributed by atoms with Crippen LogP contribution in [0, 0.1) is 5.92 Å². The Morgan fingerprint density at radius 3 is 2.26 bits per heavy atom. The predicted octanol–water partition coefficient (Wildman–Crippen LogP) is 0.0909. The summed E-state index contributed by atoms with van der Waals surface area (Å²) in [4.78, 5) is 35.9. The number of ether oxygens (including phenoxy) is 1. The van der Waals surface area contributed by atoms with Crippen molar-refractivity contribution in [3.63, 3.8) is 0 Å². The fourth-order valence-electron chi connectivity index (χ4n) is 1.62. The van der Waals surface area contributed by atoms with Crippen molar-refractivity contribution >= 4 is 17.9 Å². The number of carbonyl (C=O) groups excluding carboxylic acids is 3. The van der Waals surface area contributed by atoms with E-state index in [-0.39, 0.29) is 18.4 Å². The number of carbonyl (C=O) groups is 3. The van der Waals surface area contributed by atoms with Gasteiger partial charge in [0.2, 0.25) is 5.91 Å². The van der Waals surface area contributed by atoms with Crippen LogP contribution in [0.15, 0.2) is 0 Å². The molecule has 0 aliphatic heterocycles. The molecule has 0 rings (SSSR count). The molecule has 0 saturated heterocycles. The van der Waals surface area contributed by atoms with Crippen molar-refractivity contribution in [2.45, 2.75) is 33.2 Å². The van der Waals surface area contributed by atoms with E-state index in [1.165, 1.54) is 12.0 Å². The lowest BCUT2D eigenvalue weighted by Crippen LogP contribution is -2.53. The van der Waals surface area contributed by atoms with Crippen LogP contribution < -0.4 is 11.1 Å². The van der Waals surface area contributed by atoms with Crippen LogP contribution >= 0.6 is 0 Å². The predicted molar refractivity (Wildman–Crippen MR) is 70.2 cm³/mol. The fraction of sp³-hybridized carbons (Fsp3) is 0.750. The molecule has 3 N–H and O–H groups in total. The van der Waals surface area contributed by atoms with E-state index in [1.807, 2.05) is 6.92 Å². The first-order chi connectivity index (χ1) is 8.83. The molecular formula is C12H23N3O4. The van der Waals surface area contributed by atoms with Gasteiger partial charge in [-0.1, -0.05) is 20.8 Å². The van der Waals surface area contributed by atoms with E-state index in [4.69, 9.17) is 5.73 Å². The van der Waals surface area contributed by atoms with Gasteiger partial charge in [-0.15, -0.1) is 0 Å². The molecule has 0 fully saturated rings. The Morgan fingerprint density at radius 2 is 1.89 bits per heavy atom. The summed E-state index contributed by atoms with van der Waals surface area (Å²) in [5.74, 6) is -0.957. The molecule has 0 aromatic heterocycles. The van der Waals surface area contributed by atoms with Crippen LogP contribution in [0.25, 0.3) is 0 Å². The Balaban J connectivity index is 4.90. The Labute approximate surface area is 113 Å². The highest BCUT2D eigenvalue weighted by molar-refractivity contribution is 5.89. The number of primary amides is 1. The van der Waals surface area contributed by atoms with Crippen molar-refractivity contribution in [2.24, 2.45) is 11.7 Å². The van der Waals surface area contributed by atoms with Gasteiger partial charge in [-0.2, -0.15) is 0 Å². The van der Waals surface area contributed by atoms with Gasteiger partial charge in [0.1, 0.15) is 12.6 Å². The highest BCUT2D eigenvalue weighted by atomic mass is 16.5. The highest BCUT2D eigenvalue weighted by Gasteiger charge is 2.28. The van der Waals surface area contributed by atoms with Crippen molar-refractivity contribution in [2.75, 3.05) is 20.2 Å². The summed E-state index contributed by atoms with van der Waals surface area (Å²) in [6, 6.07) is -1.50. The van der Waals surface area contributed by atoms with Crippen molar-refractivity contribution in [1.82, 2.24) is 10.2 Å². The van der Waals surface area contributed by atoms with E-state index in [2.05, 4.69) is 10.1 Å². The molecule has 0 aromatic carbocycles. The molecule has 110 valence electrons. The van der Waals surface area contributed by atoms with Crippen LogP contribution in [0.3, 0.4) is 0 Å². The molecule has 7 nitrogen and oxygen atoms in total. The van der Waals surface area contributed by atoms with Gasteiger partial charge >= 0.3 is 12.0 Å². The molecule has 0 radical (unpaired) electrons. The number of nitrogens with two attached hydrogens (primary N) is 1. The highest BCUT2D eigenvalue weighted by Crippen LogP contribution is 2.07. The molecule has 1 atom stereocenters. The summed E-state index contributed by atoms with van der Waals surface area (Å²) in [5.41, 5.74) is 5.06. The number of nitrogens with zero attached hydrogens (tertiary/aromatic N) is 1. The van der Waals surface area contributed by atoms with E-state index >= 15 is 0 Å². The molecule has 0 bridgehead atoms. The number of hydrogen-bond acceptors (Lipinski definition) is 4. The summed E-state index contributed by atoms with van der Waals surface area (Å²) >= 11 is 0. The molecule has 1 unspecified atom stereocenters. The van der Waals surface area contributed by atoms with E-state index < -0.39 is 18.0 Å². The number of methoxy groups -OCH3 is 1. The zero-order valence-corrected chi connectivity index (χ0v) is 11.9. The van der Waals surface area contributed by atoms with Crippen LogP contribution in [-0.4, -0.2) is 49.0 Å². The maximum Gasteiger partial charge on any atom is 0.325 e. The number of esters is 1. The molecule has 3 amide bonds. The van der Waals surface area contributed by atoms with Crippen molar-refractivity contribution in [3.05, 3.63) is 0 Å². The Kier molecular flexibility index (Phi) is 7.55. The number of rotatable bonds is 7. The first kappa shape index (κ1) is 17.2. The van der Waals surface area contributed by atoms with Crippen LogP contribution in [0.1, 0.15) is 27.2 Å². The Bertz CT molecular complexity index is 331. The first-order valence-corrected chi connectivity index (χ1v) is 6.25. The van der Waals surface area contributed by atoms with Gasteiger partial charge < -0.3 is 20.7 Å². The average Bonchev–Trinajstić information content (AvgIpc) is 2.33. The second-order valence-electron chi connectivity index (χ2n) is 4.57. The second-order valence-corrected chi connectivity index (χ2v) is 4.57. The second kappa shape index (κ2) is 8.34. The summed E-state index contributed by atoms with van der Waals surface area (Å²) in [7, 11) is 1.26.